The van der Waals surface area contributed by atoms with Crippen molar-refractivity contribution in [3.8, 4) is 0 Å². The second-order valence-electron chi connectivity index (χ2n) is 2.30. The minimum absolute atomic E-state index is 0.234. The summed E-state index contributed by atoms with van der Waals surface area (Å²) in [5, 5.41) is 8.60. The van der Waals surface area contributed by atoms with Gasteiger partial charge in [-0.3, -0.25) is 0 Å². The Hall–Kier alpha value is -0.520. The molecule has 0 saturated carbocycles. The average Bonchev–Trinajstić information content (AvgIpc) is 1.85. The van der Waals surface area contributed by atoms with Crippen LogP contribution in [0.5, 0.6) is 0 Å². The van der Waals surface area contributed by atoms with Gasteiger partial charge in [0.15, 0.2) is 0 Å². The lowest BCUT2D eigenvalue weighted by Crippen LogP contribution is -2.15. The Morgan fingerprint density at radius 2 is 2.45 bits per heavy atom. The molecule has 3 nitrogen and oxygen atoms in total. The number of carbonyl (C=O) groups is 1. The van der Waals surface area contributed by atoms with E-state index in [1.165, 1.54) is 0 Å². The van der Waals surface area contributed by atoms with Crippen molar-refractivity contribution >= 4 is 28.6 Å². The van der Waals surface area contributed by atoms with E-state index < -0.39 is 5.97 Å². The van der Waals surface area contributed by atoms with Crippen molar-refractivity contribution in [3.63, 3.8) is 0 Å². The molecule has 3 N–H and O–H groups in total. The Kier molecular flexibility index (Phi) is 2.53. The first-order valence-electron chi connectivity index (χ1n) is 3.16. The monoisotopic (exact) mass is 265 g/mol. The van der Waals surface area contributed by atoms with Gasteiger partial charge in [-0.2, -0.15) is 0 Å². The molecule has 1 rings (SSSR count). The first-order chi connectivity index (χ1) is 5.11. The van der Waals surface area contributed by atoms with E-state index in [1.807, 2.05) is 0 Å². The highest BCUT2D eigenvalue weighted by atomic mass is 127. The number of aliphatic carboxylic acids is 1. The van der Waals surface area contributed by atoms with Crippen molar-refractivity contribution in [1.82, 2.24) is 0 Å². The maximum Gasteiger partial charge on any atom is 0.337 e. The fourth-order valence-electron chi connectivity index (χ4n) is 0.912. The summed E-state index contributed by atoms with van der Waals surface area (Å²) >= 11 is 2.21. The molecule has 0 aromatic carbocycles. The molecule has 0 heterocycles. The van der Waals surface area contributed by atoms with Gasteiger partial charge in [-0.15, -0.1) is 0 Å². The van der Waals surface area contributed by atoms with Crippen molar-refractivity contribution in [2.45, 2.75) is 10.3 Å². The van der Waals surface area contributed by atoms with Crippen molar-refractivity contribution in [1.29, 1.82) is 0 Å². The molecule has 0 aliphatic heterocycles. The summed E-state index contributed by atoms with van der Waals surface area (Å²) in [5.74, 6) is -0.943. The number of halogens is 1. The van der Waals surface area contributed by atoms with Crippen LogP contribution in [0.3, 0.4) is 0 Å². The molecule has 1 unspecified atom stereocenters. The predicted molar refractivity (Wildman–Crippen MR) is 50.4 cm³/mol. The van der Waals surface area contributed by atoms with Crippen LogP contribution in [0.2, 0.25) is 0 Å². The van der Waals surface area contributed by atoms with Crippen LogP contribution in [-0.2, 0) is 4.79 Å². The summed E-state index contributed by atoms with van der Waals surface area (Å²) in [6.45, 7) is 0. The highest BCUT2D eigenvalue weighted by Gasteiger charge is 2.15. The quantitative estimate of drug-likeness (QED) is 0.550. The van der Waals surface area contributed by atoms with Gasteiger partial charge in [-0.25, -0.2) is 4.79 Å². The van der Waals surface area contributed by atoms with E-state index in [4.69, 9.17) is 10.8 Å². The maximum absolute atomic E-state index is 10.5. The van der Waals surface area contributed by atoms with Gasteiger partial charge in [-0.05, 0) is 12.5 Å². The second-order valence-corrected chi connectivity index (χ2v) is 3.90. The lowest BCUT2D eigenvalue weighted by Gasteiger charge is -2.11. The Balaban J connectivity index is 2.86. The van der Waals surface area contributed by atoms with E-state index in [0.717, 1.165) is 6.42 Å². The van der Waals surface area contributed by atoms with Crippen LogP contribution in [0.15, 0.2) is 23.4 Å². The standard InChI is InChI=1S/C7H8INO2/c8-4-1-2-5(7(10)11)6(9)3-4/h2-4H,1,9H2,(H,10,11). The van der Waals surface area contributed by atoms with Crippen LogP contribution in [0.4, 0.5) is 0 Å². The Bertz CT molecular complexity index is 245. The molecular formula is C7H8INO2. The van der Waals surface area contributed by atoms with Gasteiger partial charge in [0.1, 0.15) is 0 Å². The second kappa shape index (κ2) is 3.25. The molecule has 1 aliphatic rings. The molecule has 1 aliphatic carbocycles. The van der Waals surface area contributed by atoms with Crippen molar-refractivity contribution in [2.24, 2.45) is 5.73 Å². The lowest BCUT2D eigenvalue weighted by atomic mass is 10.0. The number of hydrogen-bond acceptors (Lipinski definition) is 2. The molecule has 0 bridgehead atoms. The number of allylic oxidation sites excluding steroid dienone is 2. The zero-order valence-corrected chi connectivity index (χ0v) is 7.91. The van der Waals surface area contributed by atoms with Crippen LogP contribution in [0.25, 0.3) is 0 Å². The number of rotatable bonds is 1. The molecule has 0 spiro atoms. The van der Waals surface area contributed by atoms with Gasteiger partial charge >= 0.3 is 5.97 Å². The van der Waals surface area contributed by atoms with Crippen LogP contribution in [0.1, 0.15) is 6.42 Å². The third-order valence-electron chi connectivity index (χ3n) is 1.45. The number of alkyl halides is 1. The Morgan fingerprint density at radius 3 is 2.91 bits per heavy atom. The fourth-order valence-corrected chi connectivity index (χ4v) is 1.55. The minimum atomic E-state index is -0.943. The van der Waals surface area contributed by atoms with Gasteiger partial charge in [0.2, 0.25) is 0 Å². The van der Waals surface area contributed by atoms with Gasteiger partial charge in [0.05, 0.1) is 5.57 Å². The molecule has 1 atom stereocenters. The van der Waals surface area contributed by atoms with Gasteiger partial charge in [0, 0.05) is 9.62 Å². The van der Waals surface area contributed by atoms with Crippen LogP contribution < -0.4 is 5.73 Å². The third-order valence-corrected chi connectivity index (χ3v) is 2.32. The van der Waals surface area contributed by atoms with E-state index in [0.29, 0.717) is 9.62 Å². The zero-order valence-electron chi connectivity index (χ0n) is 5.75. The highest BCUT2D eigenvalue weighted by molar-refractivity contribution is 14.1. The van der Waals surface area contributed by atoms with E-state index >= 15 is 0 Å². The molecule has 0 saturated heterocycles. The summed E-state index contributed by atoms with van der Waals surface area (Å²) in [6, 6.07) is 0. The molecule has 0 radical (unpaired) electrons. The smallest absolute Gasteiger partial charge is 0.337 e. The summed E-state index contributed by atoms with van der Waals surface area (Å²) in [4.78, 5) is 10.5. The van der Waals surface area contributed by atoms with Crippen molar-refractivity contribution in [3.05, 3.63) is 23.4 Å². The summed E-state index contributed by atoms with van der Waals surface area (Å²) in [5.41, 5.74) is 6.09. The van der Waals surface area contributed by atoms with E-state index in [2.05, 4.69) is 22.6 Å². The van der Waals surface area contributed by atoms with Crippen LogP contribution in [0, 0.1) is 0 Å². The predicted octanol–water partition coefficient (Wildman–Crippen LogP) is 1.05. The molecular weight excluding hydrogens is 257 g/mol. The number of nitrogens with two attached hydrogens (primary N) is 1. The minimum Gasteiger partial charge on any atom is -0.478 e. The summed E-state index contributed by atoms with van der Waals surface area (Å²) in [6.07, 6.45) is 4.18. The molecule has 0 fully saturated rings. The highest BCUT2D eigenvalue weighted by Crippen LogP contribution is 2.20. The van der Waals surface area contributed by atoms with Crippen molar-refractivity contribution in [2.75, 3.05) is 0 Å². The van der Waals surface area contributed by atoms with E-state index in [1.54, 1.807) is 12.2 Å². The molecule has 0 aromatic rings. The first-order valence-corrected chi connectivity index (χ1v) is 4.41. The molecule has 4 heteroatoms. The Morgan fingerprint density at radius 1 is 1.82 bits per heavy atom. The van der Waals surface area contributed by atoms with Crippen LogP contribution >= 0.6 is 22.6 Å². The average molecular weight is 265 g/mol. The molecule has 11 heavy (non-hydrogen) atoms. The topological polar surface area (TPSA) is 63.3 Å². The molecule has 60 valence electrons. The van der Waals surface area contributed by atoms with E-state index in [-0.39, 0.29) is 5.57 Å². The van der Waals surface area contributed by atoms with Crippen molar-refractivity contribution < 1.29 is 9.90 Å². The number of carboxylic acid groups (broad SMARTS) is 1. The van der Waals surface area contributed by atoms with Gasteiger partial charge < -0.3 is 10.8 Å². The zero-order chi connectivity index (χ0) is 8.43. The van der Waals surface area contributed by atoms with Crippen LogP contribution in [-0.4, -0.2) is 15.0 Å². The first kappa shape index (κ1) is 8.58. The Labute approximate surface area is 78.1 Å². The molecule has 0 aromatic heterocycles. The SMILES string of the molecule is NC1=CC(I)CC=C1C(=O)O. The number of carboxylic acids is 1. The van der Waals surface area contributed by atoms with E-state index in [9.17, 15) is 4.79 Å². The normalized spacial score (nSPS) is 23.9. The van der Waals surface area contributed by atoms with Gasteiger partial charge in [-0.1, -0.05) is 28.7 Å². The lowest BCUT2D eigenvalue weighted by molar-refractivity contribution is -0.132. The summed E-state index contributed by atoms with van der Waals surface area (Å²) < 4.78 is 0.329. The van der Waals surface area contributed by atoms with Gasteiger partial charge in [0.25, 0.3) is 0 Å². The maximum atomic E-state index is 10.5. The third kappa shape index (κ3) is 1.95. The largest absolute Gasteiger partial charge is 0.478 e. The fraction of sp³-hybridized carbons (Fsp3) is 0.286. The molecule has 0 amide bonds. The number of hydrogen-bond donors (Lipinski definition) is 2. The summed E-state index contributed by atoms with van der Waals surface area (Å²) in [7, 11) is 0.